The SMILES string of the molecule is CCC(C)CSCC(=O)N1CCNCC1. The molecular formula is C11H22N2OS. The summed E-state index contributed by atoms with van der Waals surface area (Å²) in [4.78, 5) is 13.7. The molecule has 1 fully saturated rings. The van der Waals surface area contributed by atoms with Gasteiger partial charge in [-0.3, -0.25) is 4.79 Å². The van der Waals surface area contributed by atoms with Gasteiger partial charge in [0.05, 0.1) is 5.75 Å². The van der Waals surface area contributed by atoms with Crippen LogP contribution in [-0.4, -0.2) is 48.5 Å². The maximum Gasteiger partial charge on any atom is 0.232 e. The summed E-state index contributed by atoms with van der Waals surface area (Å²) in [7, 11) is 0. The van der Waals surface area contributed by atoms with E-state index >= 15 is 0 Å². The van der Waals surface area contributed by atoms with Gasteiger partial charge in [-0.2, -0.15) is 11.8 Å². The van der Waals surface area contributed by atoms with E-state index in [0.717, 1.165) is 37.8 Å². The van der Waals surface area contributed by atoms with Crippen LogP contribution in [0.3, 0.4) is 0 Å². The highest BCUT2D eigenvalue weighted by Crippen LogP contribution is 2.12. The Morgan fingerprint density at radius 2 is 2.13 bits per heavy atom. The third-order valence-corrected chi connectivity index (χ3v) is 4.05. The molecule has 1 aliphatic rings. The van der Waals surface area contributed by atoms with Gasteiger partial charge in [-0.05, 0) is 11.7 Å². The van der Waals surface area contributed by atoms with Crippen molar-refractivity contribution < 1.29 is 4.79 Å². The highest BCUT2D eigenvalue weighted by molar-refractivity contribution is 7.99. The number of piperazine rings is 1. The zero-order chi connectivity index (χ0) is 11.1. The molecule has 1 N–H and O–H groups in total. The predicted octanol–water partition coefficient (Wildman–Crippen LogP) is 1.20. The van der Waals surface area contributed by atoms with Gasteiger partial charge in [0, 0.05) is 26.2 Å². The smallest absolute Gasteiger partial charge is 0.232 e. The van der Waals surface area contributed by atoms with E-state index in [-0.39, 0.29) is 0 Å². The van der Waals surface area contributed by atoms with Gasteiger partial charge in [0.2, 0.25) is 5.91 Å². The molecule has 1 atom stereocenters. The van der Waals surface area contributed by atoms with E-state index in [1.807, 2.05) is 4.90 Å². The van der Waals surface area contributed by atoms with Crippen LogP contribution in [0.2, 0.25) is 0 Å². The quantitative estimate of drug-likeness (QED) is 0.770. The average Bonchev–Trinajstić information content (AvgIpc) is 2.29. The highest BCUT2D eigenvalue weighted by Gasteiger charge is 2.15. The van der Waals surface area contributed by atoms with Gasteiger partial charge in [0.25, 0.3) is 0 Å². The van der Waals surface area contributed by atoms with E-state index in [2.05, 4.69) is 19.2 Å². The number of hydrogen-bond donors (Lipinski definition) is 1. The monoisotopic (exact) mass is 230 g/mol. The molecule has 4 heteroatoms. The first-order chi connectivity index (χ1) is 7.24. The molecule has 1 aliphatic heterocycles. The first-order valence-electron chi connectivity index (χ1n) is 5.80. The lowest BCUT2D eigenvalue weighted by atomic mass is 10.2. The lowest BCUT2D eigenvalue weighted by Gasteiger charge is -2.27. The van der Waals surface area contributed by atoms with Crippen LogP contribution < -0.4 is 5.32 Å². The fourth-order valence-electron chi connectivity index (χ4n) is 1.47. The fraction of sp³-hybridized carbons (Fsp3) is 0.909. The summed E-state index contributed by atoms with van der Waals surface area (Å²) in [6, 6.07) is 0. The second-order valence-corrected chi connectivity index (χ2v) is 5.19. The van der Waals surface area contributed by atoms with Crippen molar-refractivity contribution in [1.29, 1.82) is 0 Å². The van der Waals surface area contributed by atoms with Crippen molar-refractivity contribution in [2.24, 2.45) is 5.92 Å². The van der Waals surface area contributed by atoms with Gasteiger partial charge in [-0.1, -0.05) is 20.3 Å². The van der Waals surface area contributed by atoms with Crippen LogP contribution in [0.15, 0.2) is 0 Å². The van der Waals surface area contributed by atoms with Gasteiger partial charge >= 0.3 is 0 Å². The Morgan fingerprint density at radius 1 is 1.47 bits per heavy atom. The van der Waals surface area contributed by atoms with E-state index < -0.39 is 0 Å². The summed E-state index contributed by atoms with van der Waals surface area (Å²) in [5, 5.41) is 3.25. The minimum atomic E-state index is 0.310. The number of carbonyl (C=O) groups excluding carboxylic acids is 1. The first-order valence-corrected chi connectivity index (χ1v) is 6.95. The second kappa shape index (κ2) is 7.12. The molecule has 0 saturated carbocycles. The van der Waals surface area contributed by atoms with E-state index in [1.165, 1.54) is 6.42 Å². The second-order valence-electron chi connectivity index (χ2n) is 4.16. The summed E-state index contributed by atoms with van der Waals surface area (Å²) in [5.41, 5.74) is 0. The van der Waals surface area contributed by atoms with Gasteiger partial charge in [-0.25, -0.2) is 0 Å². The third kappa shape index (κ3) is 4.89. The largest absolute Gasteiger partial charge is 0.339 e. The minimum absolute atomic E-state index is 0.310. The predicted molar refractivity (Wildman–Crippen MR) is 66.2 cm³/mol. The zero-order valence-corrected chi connectivity index (χ0v) is 10.6. The molecule has 15 heavy (non-hydrogen) atoms. The number of amides is 1. The summed E-state index contributed by atoms with van der Waals surface area (Å²) < 4.78 is 0. The lowest BCUT2D eigenvalue weighted by molar-refractivity contribution is -0.128. The van der Waals surface area contributed by atoms with E-state index in [1.54, 1.807) is 11.8 Å². The van der Waals surface area contributed by atoms with Crippen molar-refractivity contribution in [3.63, 3.8) is 0 Å². The van der Waals surface area contributed by atoms with Crippen LogP contribution >= 0.6 is 11.8 Å². The molecule has 0 aromatic heterocycles. The van der Waals surface area contributed by atoms with Gasteiger partial charge in [0.15, 0.2) is 0 Å². The molecule has 88 valence electrons. The van der Waals surface area contributed by atoms with Crippen molar-refractivity contribution >= 4 is 17.7 Å². The maximum absolute atomic E-state index is 11.7. The van der Waals surface area contributed by atoms with Crippen molar-refractivity contribution in [1.82, 2.24) is 10.2 Å². The average molecular weight is 230 g/mol. The molecule has 3 nitrogen and oxygen atoms in total. The number of carbonyl (C=O) groups is 1. The molecule has 1 heterocycles. The number of nitrogens with zero attached hydrogens (tertiary/aromatic N) is 1. The Morgan fingerprint density at radius 3 is 2.73 bits per heavy atom. The molecular weight excluding hydrogens is 208 g/mol. The van der Waals surface area contributed by atoms with Gasteiger partial charge in [-0.15, -0.1) is 0 Å². The highest BCUT2D eigenvalue weighted by atomic mass is 32.2. The van der Waals surface area contributed by atoms with E-state index in [0.29, 0.717) is 11.7 Å². The van der Waals surface area contributed by atoms with Crippen molar-refractivity contribution in [2.45, 2.75) is 20.3 Å². The Labute approximate surface area is 97.0 Å². The molecule has 0 radical (unpaired) electrons. The maximum atomic E-state index is 11.7. The number of nitrogens with one attached hydrogen (secondary N) is 1. The normalized spacial score (nSPS) is 18.9. The molecule has 1 unspecified atom stereocenters. The van der Waals surface area contributed by atoms with Crippen LogP contribution in [0.5, 0.6) is 0 Å². The molecule has 0 bridgehead atoms. The molecule has 0 spiro atoms. The zero-order valence-electron chi connectivity index (χ0n) is 9.79. The number of rotatable bonds is 5. The Balaban J connectivity index is 2.12. The fourth-order valence-corrected chi connectivity index (χ4v) is 2.58. The Kier molecular flexibility index (Phi) is 6.10. The third-order valence-electron chi connectivity index (χ3n) is 2.79. The summed E-state index contributed by atoms with van der Waals surface area (Å²) >= 11 is 1.78. The topological polar surface area (TPSA) is 32.3 Å². The van der Waals surface area contributed by atoms with Crippen LogP contribution in [0, 0.1) is 5.92 Å². The first kappa shape index (κ1) is 12.8. The molecule has 1 saturated heterocycles. The lowest BCUT2D eigenvalue weighted by Crippen LogP contribution is -2.47. The van der Waals surface area contributed by atoms with Crippen LogP contribution in [0.1, 0.15) is 20.3 Å². The molecule has 0 aromatic rings. The van der Waals surface area contributed by atoms with E-state index in [4.69, 9.17) is 0 Å². The van der Waals surface area contributed by atoms with Crippen LogP contribution in [-0.2, 0) is 4.79 Å². The number of thioether (sulfide) groups is 1. The Hall–Kier alpha value is -0.220. The van der Waals surface area contributed by atoms with Crippen molar-refractivity contribution in [3.8, 4) is 0 Å². The molecule has 0 aliphatic carbocycles. The summed E-state index contributed by atoms with van der Waals surface area (Å²) in [6.07, 6.45) is 1.20. The van der Waals surface area contributed by atoms with Crippen molar-refractivity contribution in [2.75, 3.05) is 37.7 Å². The summed E-state index contributed by atoms with van der Waals surface area (Å²) in [5.74, 6) is 2.80. The van der Waals surface area contributed by atoms with E-state index in [9.17, 15) is 4.79 Å². The van der Waals surface area contributed by atoms with Gasteiger partial charge in [0.1, 0.15) is 0 Å². The standard InChI is InChI=1S/C11H22N2OS/c1-3-10(2)8-15-9-11(14)13-6-4-12-5-7-13/h10,12H,3-9H2,1-2H3. The number of hydrogen-bond acceptors (Lipinski definition) is 3. The minimum Gasteiger partial charge on any atom is -0.339 e. The van der Waals surface area contributed by atoms with Crippen molar-refractivity contribution in [3.05, 3.63) is 0 Å². The van der Waals surface area contributed by atoms with Crippen LogP contribution in [0.25, 0.3) is 0 Å². The van der Waals surface area contributed by atoms with Gasteiger partial charge < -0.3 is 10.2 Å². The summed E-state index contributed by atoms with van der Waals surface area (Å²) in [6.45, 7) is 8.08. The molecule has 1 amide bonds. The molecule has 0 aromatic carbocycles. The van der Waals surface area contributed by atoms with Crippen LogP contribution in [0.4, 0.5) is 0 Å². The molecule has 1 rings (SSSR count). The Bertz CT molecular complexity index is 193.